The van der Waals surface area contributed by atoms with Gasteiger partial charge in [0.2, 0.25) is 5.91 Å². The first kappa shape index (κ1) is 64.3. The van der Waals surface area contributed by atoms with Gasteiger partial charge in [-0.15, -0.1) is 0 Å². The highest BCUT2D eigenvalue weighted by Crippen LogP contribution is 2.16. The zero-order valence-corrected chi connectivity index (χ0v) is 44.4. The Kier molecular flexibility index (Phi) is 55.3. The monoisotopic (exact) mass is 930 g/mol. The van der Waals surface area contributed by atoms with Gasteiger partial charge in [0.05, 0.1) is 18.8 Å². The van der Waals surface area contributed by atoms with Gasteiger partial charge in [0.1, 0.15) is 0 Å². The molecule has 0 fully saturated rings. The second-order valence-corrected chi connectivity index (χ2v) is 19.3. The molecule has 0 aliphatic rings. The van der Waals surface area contributed by atoms with Crippen LogP contribution in [0.1, 0.15) is 277 Å². The zero-order valence-electron chi connectivity index (χ0n) is 44.4. The van der Waals surface area contributed by atoms with E-state index in [1.54, 1.807) is 6.08 Å². The minimum Gasteiger partial charge on any atom is -0.394 e. The van der Waals surface area contributed by atoms with E-state index in [0.717, 1.165) is 70.6 Å². The van der Waals surface area contributed by atoms with Crippen LogP contribution in [0.3, 0.4) is 0 Å². The van der Waals surface area contributed by atoms with Crippen molar-refractivity contribution < 1.29 is 15.0 Å². The number of carbonyl (C=O) groups is 1. The predicted molar refractivity (Wildman–Crippen MR) is 299 cm³/mol. The molecule has 2 atom stereocenters. The molecule has 386 valence electrons. The minimum absolute atomic E-state index is 0.0735. The van der Waals surface area contributed by atoms with Gasteiger partial charge in [0, 0.05) is 6.42 Å². The molecule has 4 nitrogen and oxygen atoms in total. The maximum absolute atomic E-state index is 12.5. The molecule has 67 heavy (non-hydrogen) atoms. The van der Waals surface area contributed by atoms with Crippen molar-refractivity contribution in [1.29, 1.82) is 0 Å². The first-order valence-electron chi connectivity index (χ1n) is 29.0. The van der Waals surface area contributed by atoms with E-state index in [9.17, 15) is 15.0 Å². The molecule has 0 rings (SSSR count). The van der Waals surface area contributed by atoms with Gasteiger partial charge in [0.25, 0.3) is 0 Å². The summed E-state index contributed by atoms with van der Waals surface area (Å²) in [5.41, 5.74) is 0. The average molecular weight is 931 g/mol. The van der Waals surface area contributed by atoms with Crippen molar-refractivity contribution in [3.05, 3.63) is 97.2 Å². The number of unbranched alkanes of at least 4 members (excludes halogenated alkanes) is 31. The maximum atomic E-state index is 12.5. The average Bonchev–Trinajstić information content (AvgIpc) is 3.33. The van der Waals surface area contributed by atoms with Gasteiger partial charge in [-0.3, -0.25) is 4.79 Å². The molecular weight excluding hydrogens is 819 g/mol. The van der Waals surface area contributed by atoms with Gasteiger partial charge in [-0.1, -0.05) is 284 Å². The lowest BCUT2D eigenvalue weighted by molar-refractivity contribution is -0.123. The van der Waals surface area contributed by atoms with Crippen LogP contribution in [0.25, 0.3) is 0 Å². The SMILES string of the molecule is CC/C=C\C/C=C\C/C=C\C/C=C\C/C=C\C/C=C\CCCCCCCCCCCCCCCCCCCCC(=O)NC(CO)C(O)/C=C/CC/C=C/CCCCCCCCCCCCCC. The van der Waals surface area contributed by atoms with Crippen LogP contribution in [-0.2, 0) is 4.79 Å². The van der Waals surface area contributed by atoms with Crippen LogP contribution in [0.5, 0.6) is 0 Å². The Morgan fingerprint density at radius 2 is 0.672 bits per heavy atom. The Labute approximate surface area is 417 Å². The van der Waals surface area contributed by atoms with Crippen molar-refractivity contribution in [3.8, 4) is 0 Å². The third-order valence-corrected chi connectivity index (χ3v) is 12.8. The fourth-order valence-corrected chi connectivity index (χ4v) is 8.43. The first-order chi connectivity index (χ1) is 33.2. The van der Waals surface area contributed by atoms with Crippen LogP contribution in [-0.4, -0.2) is 34.9 Å². The van der Waals surface area contributed by atoms with Crippen LogP contribution in [0.4, 0.5) is 0 Å². The summed E-state index contributed by atoms with van der Waals surface area (Å²) in [5.74, 6) is -0.0735. The number of rotatable bonds is 52. The van der Waals surface area contributed by atoms with Crippen LogP contribution in [0, 0.1) is 0 Å². The summed E-state index contributed by atoms with van der Waals surface area (Å²) in [7, 11) is 0. The highest BCUT2D eigenvalue weighted by molar-refractivity contribution is 5.76. The van der Waals surface area contributed by atoms with Gasteiger partial charge in [-0.05, 0) is 83.5 Å². The standard InChI is InChI=1S/C63H111NO3/c1-3-5-7-9-11-13-15-17-19-21-23-24-25-26-27-28-29-30-31-32-33-34-35-36-37-38-39-40-41-43-45-47-49-51-53-55-57-59-63(67)64-61(60-65)62(66)58-56-54-52-50-48-46-44-42-22-20-18-16-14-12-10-8-6-4-2/h5,7,11,13,17,19,23-24,26-27,29-30,48,50,56,58,61-62,65-66H,3-4,6,8-10,12,14-16,18,20-22,25,28,31-47,49,51-55,57,59-60H2,1-2H3,(H,64,67)/b7-5-,13-11-,19-17-,24-23-,27-26-,30-29-,50-48+,58-56+. The number of allylic oxidation sites excluding steroid dienone is 15. The summed E-state index contributed by atoms with van der Waals surface area (Å²) in [6, 6.07) is -0.643. The molecule has 0 heterocycles. The molecule has 1 amide bonds. The summed E-state index contributed by atoms with van der Waals surface area (Å²) in [6.45, 7) is 4.19. The van der Waals surface area contributed by atoms with Crippen molar-refractivity contribution in [2.45, 2.75) is 289 Å². The van der Waals surface area contributed by atoms with Crippen molar-refractivity contribution in [1.82, 2.24) is 5.32 Å². The summed E-state index contributed by atoms with van der Waals surface area (Å²) >= 11 is 0. The molecule has 0 aliphatic heterocycles. The normalized spacial score (nSPS) is 13.6. The molecule has 0 aromatic rings. The van der Waals surface area contributed by atoms with Crippen LogP contribution < -0.4 is 5.32 Å². The largest absolute Gasteiger partial charge is 0.394 e. The van der Waals surface area contributed by atoms with Crippen LogP contribution >= 0.6 is 0 Å². The molecule has 0 saturated heterocycles. The van der Waals surface area contributed by atoms with E-state index in [1.165, 1.54) is 186 Å². The Morgan fingerprint density at radius 1 is 0.373 bits per heavy atom. The van der Waals surface area contributed by atoms with Crippen molar-refractivity contribution in [2.24, 2.45) is 0 Å². The quantitative estimate of drug-likeness (QED) is 0.0420. The molecule has 0 spiro atoms. The van der Waals surface area contributed by atoms with E-state index in [0.29, 0.717) is 6.42 Å². The molecular formula is C63H111NO3. The number of hydrogen-bond donors (Lipinski definition) is 3. The van der Waals surface area contributed by atoms with Crippen LogP contribution in [0.15, 0.2) is 97.2 Å². The van der Waals surface area contributed by atoms with E-state index >= 15 is 0 Å². The Hall–Kier alpha value is -2.69. The lowest BCUT2D eigenvalue weighted by Crippen LogP contribution is -2.45. The van der Waals surface area contributed by atoms with Gasteiger partial charge < -0.3 is 15.5 Å². The van der Waals surface area contributed by atoms with Gasteiger partial charge in [0.15, 0.2) is 0 Å². The third kappa shape index (κ3) is 54.1. The summed E-state index contributed by atoms with van der Waals surface area (Å²) in [5, 5.41) is 23.1. The fourth-order valence-electron chi connectivity index (χ4n) is 8.43. The van der Waals surface area contributed by atoms with Gasteiger partial charge in [-0.25, -0.2) is 0 Å². The second-order valence-electron chi connectivity index (χ2n) is 19.3. The topological polar surface area (TPSA) is 69.6 Å². The van der Waals surface area contributed by atoms with Crippen molar-refractivity contribution in [2.75, 3.05) is 6.61 Å². The summed E-state index contributed by atoms with van der Waals surface area (Å²) < 4.78 is 0. The van der Waals surface area contributed by atoms with Gasteiger partial charge in [-0.2, -0.15) is 0 Å². The number of aliphatic hydroxyl groups excluding tert-OH is 2. The van der Waals surface area contributed by atoms with E-state index in [-0.39, 0.29) is 12.5 Å². The smallest absolute Gasteiger partial charge is 0.220 e. The van der Waals surface area contributed by atoms with Crippen molar-refractivity contribution >= 4 is 5.91 Å². The summed E-state index contributed by atoms with van der Waals surface area (Å²) in [6.07, 6.45) is 85.8. The lowest BCUT2D eigenvalue weighted by atomic mass is 10.0. The minimum atomic E-state index is -0.865. The molecule has 0 aromatic heterocycles. The van der Waals surface area contributed by atoms with E-state index in [1.807, 2.05) is 6.08 Å². The highest BCUT2D eigenvalue weighted by Gasteiger charge is 2.18. The number of nitrogens with one attached hydrogen (secondary N) is 1. The number of amides is 1. The molecule has 0 saturated carbocycles. The van der Waals surface area contributed by atoms with Crippen LogP contribution in [0.2, 0.25) is 0 Å². The first-order valence-corrected chi connectivity index (χ1v) is 29.0. The molecule has 0 bridgehead atoms. The van der Waals surface area contributed by atoms with Crippen molar-refractivity contribution in [3.63, 3.8) is 0 Å². The molecule has 3 N–H and O–H groups in total. The highest BCUT2D eigenvalue weighted by atomic mass is 16.3. The molecule has 0 aliphatic carbocycles. The van der Waals surface area contributed by atoms with E-state index < -0.39 is 12.1 Å². The second kappa shape index (κ2) is 57.6. The number of aliphatic hydroxyl groups is 2. The van der Waals surface area contributed by atoms with Gasteiger partial charge >= 0.3 is 0 Å². The third-order valence-electron chi connectivity index (χ3n) is 12.8. The van der Waals surface area contributed by atoms with E-state index in [4.69, 9.17) is 0 Å². The number of carbonyl (C=O) groups excluding carboxylic acids is 1. The number of hydrogen-bond acceptors (Lipinski definition) is 3. The van der Waals surface area contributed by atoms with E-state index in [2.05, 4.69) is 104 Å². The maximum Gasteiger partial charge on any atom is 0.220 e. The Balaban J connectivity index is 3.51. The molecule has 2 unspecified atom stereocenters. The Bertz CT molecular complexity index is 1240. The fraction of sp³-hybridized carbons (Fsp3) is 0.730. The molecule has 4 heteroatoms. The zero-order chi connectivity index (χ0) is 48.5. The Morgan fingerprint density at radius 3 is 1.04 bits per heavy atom. The molecule has 0 radical (unpaired) electrons. The lowest BCUT2D eigenvalue weighted by Gasteiger charge is -2.19. The molecule has 0 aromatic carbocycles. The predicted octanol–water partition coefficient (Wildman–Crippen LogP) is 19.3. The summed E-state index contributed by atoms with van der Waals surface area (Å²) in [4.78, 5) is 12.5.